The zero-order valence-corrected chi connectivity index (χ0v) is 12.5. The summed E-state index contributed by atoms with van der Waals surface area (Å²) in [4.78, 5) is 6.55. The molecule has 108 valence electrons. The van der Waals surface area contributed by atoms with Crippen LogP contribution in [0, 0.1) is 6.92 Å². The molecular weight excluding hydrogens is 250 g/mol. The summed E-state index contributed by atoms with van der Waals surface area (Å²) >= 11 is 0. The molecule has 0 aliphatic heterocycles. The summed E-state index contributed by atoms with van der Waals surface area (Å²) < 4.78 is 5.90. The highest BCUT2D eigenvalue weighted by atomic mass is 16.3. The van der Waals surface area contributed by atoms with Gasteiger partial charge in [0.15, 0.2) is 0 Å². The molecule has 2 aromatic rings. The SMILES string of the molecule is CCNCc1oc(CN(C)Cc2ccccn2)cc1C. The van der Waals surface area contributed by atoms with Crippen LogP contribution >= 0.6 is 0 Å². The van der Waals surface area contributed by atoms with Gasteiger partial charge in [0.25, 0.3) is 0 Å². The number of furan rings is 1. The van der Waals surface area contributed by atoms with Gasteiger partial charge in [-0.2, -0.15) is 0 Å². The second-order valence-corrected chi connectivity index (χ2v) is 5.09. The molecule has 0 atom stereocenters. The lowest BCUT2D eigenvalue weighted by molar-refractivity contribution is 0.280. The van der Waals surface area contributed by atoms with Crippen molar-refractivity contribution < 1.29 is 4.42 Å². The van der Waals surface area contributed by atoms with E-state index < -0.39 is 0 Å². The normalized spacial score (nSPS) is 11.2. The third-order valence-corrected chi connectivity index (χ3v) is 3.19. The van der Waals surface area contributed by atoms with E-state index in [0.29, 0.717) is 0 Å². The quantitative estimate of drug-likeness (QED) is 0.842. The van der Waals surface area contributed by atoms with E-state index in [1.165, 1.54) is 5.56 Å². The number of hydrogen-bond donors (Lipinski definition) is 1. The molecule has 0 aliphatic carbocycles. The van der Waals surface area contributed by atoms with Crippen LogP contribution in [0.3, 0.4) is 0 Å². The Morgan fingerprint density at radius 2 is 2.15 bits per heavy atom. The molecule has 0 saturated heterocycles. The van der Waals surface area contributed by atoms with Gasteiger partial charge in [0.1, 0.15) is 11.5 Å². The van der Waals surface area contributed by atoms with Crippen molar-refractivity contribution in [1.82, 2.24) is 15.2 Å². The molecule has 0 aliphatic rings. The Morgan fingerprint density at radius 3 is 2.85 bits per heavy atom. The minimum Gasteiger partial charge on any atom is -0.463 e. The molecule has 2 heterocycles. The molecule has 0 spiro atoms. The molecule has 0 amide bonds. The Morgan fingerprint density at radius 1 is 1.30 bits per heavy atom. The van der Waals surface area contributed by atoms with Crippen LogP contribution in [0.25, 0.3) is 0 Å². The van der Waals surface area contributed by atoms with Crippen molar-refractivity contribution in [3.8, 4) is 0 Å². The van der Waals surface area contributed by atoms with E-state index in [2.05, 4.69) is 42.2 Å². The summed E-state index contributed by atoms with van der Waals surface area (Å²) in [5, 5.41) is 3.29. The van der Waals surface area contributed by atoms with Gasteiger partial charge >= 0.3 is 0 Å². The zero-order chi connectivity index (χ0) is 14.4. The van der Waals surface area contributed by atoms with Crippen molar-refractivity contribution in [3.63, 3.8) is 0 Å². The Bertz CT molecular complexity index is 522. The number of rotatable bonds is 7. The predicted octanol–water partition coefficient (Wildman–Crippen LogP) is 2.72. The second-order valence-electron chi connectivity index (χ2n) is 5.09. The molecule has 4 heteroatoms. The van der Waals surface area contributed by atoms with E-state index in [1.54, 1.807) is 0 Å². The van der Waals surface area contributed by atoms with E-state index in [1.807, 2.05) is 24.4 Å². The van der Waals surface area contributed by atoms with Crippen molar-refractivity contribution in [1.29, 1.82) is 0 Å². The summed E-state index contributed by atoms with van der Waals surface area (Å²) in [6.07, 6.45) is 1.83. The van der Waals surface area contributed by atoms with E-state index in [-0.39, 0.29) is 0 Å². The van der Waals surface area contributed by atoms with Crippen LogP contribution in [0.1, 0.15) is 29.7 Å². The fraction of sp³-hybridized carbons (Fsp3) is 0.438. The lowest BCUT2D eigenvalue weighted by Crippen LogP contribution is -2.17. The molecule has 2 aromatic heterocycles. The third-order valence-electron chi connectivity index (χ3n) is 3.19. The van der Waals surface area contributed by atoms with Crippen LogP contribution < -0.4 is 5.32 Å². The molecule has 1 N–H and O–H groups in total. The molecule has 0 saturated carbocycles. The number of hydrogen-bond acceptors (Lipinski definition) is 4. The van der Waals surface area contributed by atoms with Gasteiger partial charge in [-0.1, -0.05) is 13.0 Å². The maximum Gasteiger partial charge on any atom is 0.120 e. The Balaban J connectivity index is 1.92. The number of pyridine rings is 1. The van der Waals surface area contributed by atoms with Gasteiger partial charge in [0.05, 0.1) is 18.8 Å². The lowest BCUT2D eigenvalue weighted by Gasteiger charge is -2.14. The van der Waals surface area contributed by atoms with Gasteiger partial charge in [-0.3, -0.25) is 9.88 Å². The molecule has 2 rings (SSSR count). The largest absolute Gasteiger partial charge is 0.463 e. The Labute approximate surface area is 120 Å². The van der Waals surface area contributed by atoms with Crippen LogP contribution in [0.4, 0.5) is 0 Å². The maximum absolute atomic E-state index is 5.90. The van der Waals surface area contributed by atoms with Crippen LogP contribution in [-0.2, 0) is 19.6 Å². The van der Waals surface area contributed by atoms with Crippen molar-refractivity contribution in [3.05, 3.63) is 53.2 Å². The highest BCUT2D eigenvalue weighted by molar-refractivity contribution is 5.20. The fourth-order valence-corrected chi connectivity index (χ4v) is 2.17. The first-order valence-corrected chi connectivity index (χ1v) is 7.06. The minimum absolute atomic E-state index is 0.795. The number of aromatic nitrogens is 1. The highest BCUT2D eigenvalue weighted by Crippen LogP contribution is 2.16. The standard InChI is InChI=1S/C16H23N3O/c1-4-17-10-16-13(2)9-15(20-16)12-19(3)11-14-7-5-6-8-18-14/h5-9,17H,4,10-12H2,1-3H3. The number of nitrogens with zero attached hydrogens (tertiary/aromatic N) is 2. The third kappa shape index (κ3) is 4.18. The molecule has 0 unspecified atom stereocenters. The van der Waals surface area contributed by atoms with E-state index in [4.69, 9.17) is 4.42 Å². The Kier molecular flexibility index (Phi) is 5.32. The van der Waals surface area contributed by atoms with Crippen molar-refractivity contribution in [2.75, 3.05) is 13.6 Å². The van der Waals surface area contributed by atoms with E-state index >= 15 is 0 Å². The van der Waals surface area contributed by atoms with Gasteiger partial charge < -0.3 is 9.73 Å². The molecule has 0 bridgehead atoms. The van der Waals surface area contributed by atoms with Crippen LogP contribution in [0.5, 0.6) is 0 Å². The fourth-order valence-electron chi connectivity index (χ4n) is 2.17. The summed E-state index contributed by atoms with van der Waals surface area (Å²) in [7, 11) is 2.08. The summed E-state index contributed by atoms with van der Waals surface area (Å²) in [5.74, 6) is 2.04. The van der Waals surface area contributed by atoms with E-state index in [0.717, 1.165) is 43.4 Å². The second kappa shape index (κ2) is 7.22. The average molecular weight is 273 g/mol. The molecule has 20 heavy (non-hydrogen) atoms. The molecule has 0 radical (unpaired) electrons. The number of nitrogens with one attached hydrogen (secondary N) is 1. The highest BCUT2D eigenvalue weighted by Gasteiger charge is 2.10. The topological polar surface area (TPSA) is 41.3 Å². The van der Waals surface area contributed by atoms with Gasteiger partial charge in [-0.25, -0.2) is 0 Å². The minimum atomic E-state index is 0.795. The average Bonchev–Trinajstić information content (AvgIpc) is 2.77. The van der Waals surface area contributed by atoms with Crippen molar-refractivity contribution in [2.45, 2.75) is 33.5 Å². The van der Waals surface area contributed by atoms with Gasteiger partial charge in [0, 0.05) is 12.7 Å². The zero-order valence-electron chi connectivity index (χ0n) is 12.5. The van der Waals surface area contributed by atoms with Gasteiger partial charge in [-0.15, -0.1) is 0 Å². The van der Waals surface area contributed by atoms with Gasteiger partial charge in [-0.05, 0) is 44.3 Å². The van der Waals surface area contributed by atoms with Crippen molar-refractivity contribution in [2.24, 2.45) is 0 Å². The van der Waals surface area contributed by atoms with Crippen molar-refractivity contribution >= 4 is 0 Å². The molecule has 0 fully saturated rings. The molecule has 0 aromatic carbocycles. The maximum atomic E-state index is 5.90. The molecule has 4 nitrogen and oxygen atoms in total. The summed E-state index contributed by atoms with van der Waals surface area (Å²) in [6.45, 7) is 7.56. The lowest BCUT2D eigenvalue weighted by atomic mass is 10.2. The van der Waals surface area contributed by atoms with Crippen LogP contribution in [0.15, 0.2) is 34.9 Å². The van der Waals surface area contributed by atoms with Crippen LogP contribution in [-0.4, -0.2) is 23.5 Å². The number of aryl methyl sites for hydroxylation is 1. The Hall–Kier alpha value is -1.65. The predicted molar refractivity (Wildman–Crippen MR) is 80.2 cm³/mol. The first-order chi connectivity index (χ1) is 9.69. The summed E-state index contributed by atoms with van der Waals surface area (Å²) in [6, 6.07) is 8.12. The first kappa shape index (κ1) is 14.8. The van der Waals surface area contributed by atoms with Crippen LogP contribution in [0.2, 0.25) is 0 Å². The van der Waals surface area contributed by atoms with Gasteiger partial charge in [0.2, 0.25) is 0 Å². The smallest absolute Gasteiger partial charge is 0.120 e. The monoisotopic (exact) mass is 273 g/mol. The first-order valence-electron chi connectivity index (χ1n) is 7.06. The van der Waals surface area contributed by atoms with E-state index in [9.17, 15) is 0 Å². The summed E-state index contributed by atoms with van der Waals surface area (Å²) in [5.41, 5.74) is 2.29. The molecular formula is C16H23N3O.